The molecular formula is C26H30F3N3O3. The van der Waals surface area contributed by atoms with E-state index in [-0.39, 0.29) is 29.6 Å². The van der Waals surface area contributed by atoms with Crippen LogP contribution in [0.2, 0.25) is 0 Å². The van der Waals surface area contributed by atoms with Crippen LogP contribution in [0.25, 0.3) is 0 Å². The highest BCUT2D eigenvalue weighted by Gasteiger charge is 2.31. The van der Waals surface area contributed by atoms with Crippen LogP contribution in [-0.2, 0) is 17.5 Å². The number of rotatable bonds is 4. The zero-order valence-electron chi connectivity index (χ0n) is 19.9. The maximum atomic E-state index is 13.0. The molecule has 0 aromatic heterocycles. The van der Waals surface area contributed by atoms with Crippen LogP contribution in [0.5, 0.6) is 0 Å². The minimum absolute atomic E-state index is 0.0909. The van der Waals surface area contributed by atoms with Crippen molar-refractivity contribution in [1.29, 1.82) is 0 Å². The summed E-state index contributed by atoms with van der Waals surface area (Å²) in [5.74, 6) is -0.422. The third kappa shape index (κ3) is 6.21. The van der Waals surface area contributed by atoms with Gasteiger partial charge in [0.05, 0.1) is 17.8 Å². The number of ether oxygens (including phenoxy) is 1. The van der Waals surface area contributed by atoms with Crippen molar-refractivity contribution >= 4 is 11.8 Å². The molecule has 2 unspecified atom stereocenters. The summed E-state index contributed by atoms with van der Waals surface area (Å²) >= 11 is 0. The van der Waals surface area contributed by atoms with Gasteiger partial charge in [-0.3, -0.25) is 14.5 Å². The Labute approximate surface area is 203 Å². The summed E-state index contributed by atoms with van der Waals surface area (Å²) in [4.78, 5) is 31.3. The van der Waals surface area contributed by atoms with Crippen LogP contribution in [0.3, 0.4) is 0 Å². The number of benzene rings is 2. The molecule has 2 saturated heterocycles. The van der Waals surface area contributed by atoms with Crippen molar-refractivity contribution in [2.75, 3.05) is 39.3 Å². The molecule has 188 valence electrons. The van der Waals surface area contributed by atoms with Crippen molar-refractivity contribution in [2.45, 2.75) is 38.8 Å². The first-order valence-corrected chi connectivity index (χ1v) is 11.8. The second kappa shape index (κ2) is 10.4. The van der Waals surface area contributed by atoms with Gasteiger partial charge in [-0.15, -0.1) is 0 Å². The minimum atomic E-state index is -4.44. The average molecular weight is 490 g/mol. The normalized spacial score (nSPS) is 21.7. The Kier molecular flexibility index (Phi) is 7.47. The molecule has 0 saturated carbocycles. The molecule has 0 aliphatic carbocycles. The van der Waals surface area contributed by atoms with E-state index in [1.165, 1.54) is 12.1 Å². The summed E-state index contributed by atoms with van der Waals surface area (Å²) < 4.78 is 44.0. The third-order valence-corrected chi connectivity index (χ3v) is 6.42. The van der Waals surface area contributed by atoms with Gasteiger partial charge in [0.15, 0.2) is 0 Å². The number of alkyl halides is 3. The molecule has 2 fully saturated rings. The summed E-state index contributed by atoms with van der Waals surface area (Å²) in [7, 11) is 0. The predicted octanol–water partition coefficient (Wildman–Crippen LogP) is 3.91. The Balaban J connectivity index is 1.29. The van der Waals surface area contributed by atoms with E-state index in [1.54, 1.807) is 9.80 Å². The molecule has 2 aromatic carbocycles. The Hall–Kier alpha value is -2.91. The van der Waals surface area contributed by atoms with E-state index in [9.17, 15) is 22.8 Å². The van der Waals surface area contributed by atoms with Crippen molar-refractivity contribution in [3.8, 4) is 0 Å². The van der Waals surface area contributed by atoms with E-state index >= 15 is 0 Å². The first-order valence-electron chi connectivity index (χ1n) is 11.8. The van der Waals surface area contributed by atoms with Crippen LogP contribution >= 0.6 is 0 Å². The molecule has 2 aliphatic rings. The number of hydrogen-bond acceptors (Lipinski definition) is 4. The number of nitrogens with zero attached hydrogens (tertiary/aromatic N) is 3. The molecule has 0 bridgehead atoms. The Morgan fingerprint density at radius 1 is 0.800 bits per heavy atom. The lowest BCUT2D eigenvalue weighted by Crippen LogP contribution is -2.50. The van der Waals surface area contributed by atoms with E-state index < -0.39 is 11.7 Å². The number of carbonyl (C=O) groups excluding carboxylic acids is 2. The number of amides is 2. The average Bonchev–Trinajstić information content (AvgIpc) is 2.83. The molecule has 9 heteroatoms. The largest absolute Gasteiger partial charge is 0.416 e. The van der Waals surface area contributed by atoms with Gasteiger partial charge in [-0.1, -0.05) is 12.1 Å². The second-order valence-corrected chi connectivity index (χ2v) is 9.31. The molecule has 6 nitrogen and oxygen atoms in total. The van der Waals surface area contributed by atoms with Crippen LogP contribution in [0.4, 0.5) is 13.2 Å². The maximum Gasteiger partial charge on any atom is 0.416 e. The van der Waals surface area contributed by atoms with Crippen LogP contribution < -0.4 is 0 Å². The molecule has 35 heavy (non-hydrogen) atoms. The Morgan fingerprint density at radius 2 is 1.23 bits per heavy atom. The summed E-state index contributed by atoms with van der Waals surface area (Å²) in [6.45, 7) is 8.10. The summed E-state index contributed by atoms with van der Waals surface area (Å²) in [6.07, 6.45) is -4.04. The van der Waals surface area contributed by atoms with Gasteiger partial charge < -0.3 is 14.5 Å². The lowest BCUT2D eigenvalue weighted by Gasteiger charge is -2.35. The second-order valence-electron chi connectivity index (χ2n) is 9.31. The molecule has 4 rings (SSSR count). The van der Waals surface area contributed by atoms with Crippen molar-refractivity contribution in [2.24, 2.45) is 0 Å². The molecule has 0 spiro atoms. The topological polar surface area (TPSA) is 53.1 Å². The van der Waals surface area contributed by atoms with Crippen LogP contribution in [0, 0.1) is 0 Å². The fourth-order valence-electron chi connectivity index (χ4n) is 4.70. The highest BCUT2D eigenvalue weighted by Crippen LogP contribution is 2.29. The van der Waals surface area contributed by atoms with Crippen LogP contribution in [-0.4, -0.2) is 78.0 Å². The van der Waals surface area contributed by atoms with E-state index in [1.807, 2.05) is 24.3 Å². The summed E-state index contributed by atoms with van der Waals surface area (Å²) in [5.41, 5.74) is 1.15. The standard InChI is InChI=1S/C26H30F3N3O3/c1-18-15-30(16-19(2)35-18)17-20-3-5-21(6-4-20)24(33)31-11-13-32(14-12-31)25(34)22-7-9-23(10-8-22)26(27,28)29/h3-10,18-19H,11-17H2,1-2H3. The van der Waals surface area contributed by atoms with Gasteiger partial charge >= 0.3 is 6.18 Å². The van der Waals surface area contributed by atoms with Crippen molar-refractivity contribution in [3.05, 3.63) is 70.8 Å². The van der Waals surface area contributed by atoms with Gasteiger partial charge in [0.2, 0.25) is 0 Å². The molecule has 2 amide bonds. The van der Waals surface area contributed by atoms with E-state index in [0.29, 0.717) is 31.7 Å². The number of piperazine rings is 1. The molecule has 2 atom stereocenters. The summed E-state index contributed by atoms with van der Waals surface area (Å²) in [6, 6.07) is 11.8. The minimum Gasteiger partial charge on any atom is -0.373 e. The SMILES string of the molecule is CC1CN(Cc2ccc(C(=O)N3CCN(C(=O)c4ccc(C(F)(F)F)cc4)CC3)cc2)CC(C)O1. The van der Waals surface area contributed by atoms with Crippen molar-refractivity contribution in [3.63, 3.8) is 0 Å². The van der Waals surface area contributed by atoms with Gasteiger partial charge in [0, 0.05) is 56.9 Å². The quantitative estimate of drug-likeness (QED) is 0.654. The van der Waals surface area contributed by atoms with E-state index in [0.717, 1.165) is 37.3 Å². The smallest absolute Gasteiger partial charge is 0.373 e. The number of morpholine rings is 1. The highest BCUT2D eigenvalue weighted by molar-refractivity contribution is 5.96. The zero-order chi connectivity index (χ0) is 25.2. The number of hydrogen-bond donors (Lipinski definition) is 0. The monoisotopic (exact) mass is 489 g/mol. The van der Waals surface area contributed by atoms with Gasteiger partial charge in [-0.05, 0) is 55.8 Å². The summed E-state index contributed by atoms with van der Waals surface area (Å²) in [5, 5.41) is 0. The predicted molar refractivity (Wildman–Crippen MR) is 125 cm³/mol. The maximum absolute atomic E-state index is 13.0. The van der Waals surface area contributed by atoms with E-state index in [2.05, 4.69) is 18.7 Å². The van der Waals surface area contributed by atoms with Crippen molar-refractivity contribution in [1.82, 2.24) is 14.7 Å². The van der Waals surface area contributed by atoms with Crippen molar-refractivity contribution < 1.29 is 27.5 Å². The van der Waals surface area contributed by atoms with Crippen LogP contribution in [0.1, 0.15) is 45.7 Å². The Morgan fingerprint density at radius 3 is 1.66 bits per heavy atom. The number of halogens is 3. The molecule has 0 radical (unpaired) electrons. The highest BCUT2D eigenvalue weighted by atomic mass is 19.4. The molecule has 2 aliphatic heterocycles. The fraction of sp³-hybridized carbons (Fsp3) is 0.462. The number of carbonyl (C=O) groups is 2. The lowest BCUT2D eigenvalue weighted by atomic mass is 10.1. The lowest BCUT2D eigenvalue weighted by molar-refractivity contribution is -0.137. The van der Waals surface area contributed by atoms with Crippen LogP contribution in [0.15, 0.2) is 48.5 Å². The molecule has 2 heterocycles. The van der Waals surface area contributed by atoms with Gasteiger partial charge in [0.1, 0.15) is 0 Å². The van der Waals surface area contributed by atoms with Gasteiger partial charge in [0.25, 0.3) is 11.8 Å². The zero-order valence-corrected chi connectivity index (χ0v) is 19.9. The molecular weight excluding hydrogens is 459 g/mol. The Bertz CT molecular complexity index is 1020. The van der Waals surface area contributed by atoms with Gasteiger partial charge in [-0.25, -0.2) is 0 Å². The van der Waals surface area contributed by atoms with E-state index in [4.69, 9.17) is 4.74 Å². The third-order valence-electron chi connectivity index (χ3n) is 6.42. The first kappa shape index (κ1) is 25.2. The van der Waals surface area contributed by atoms with Gasteiger partial charge in [-0.2, -0.15) is 13.2 Å². The molecule has 2 aromatic rings. The first-order chi connectivity index (χ1) is 16.6. The molecule has 0 N–H and O–H groups in total. The fourth-order valence-corrected chi connectivity index (χ4v) is 4.70.